The number of rotatable bonds is 20. The SMILES string of the molecule is CCCN(C(N)=O)C(C(=O)O)C(=O)CCCCCCCCCCCCCCC(C)C. The van der Waals surface area contributed by atoms with E-state index in [0.717, 1.165) is 30.1 Å². The number of aliphatic carboxylic acids is 1. The Balaban J connectivity index is 3.76. The minimum absolute atomic E-state index is 0.177. The predicted octanol–water partition coefficient (Wildman–Crippen LogP) is 5.92. The molecule has 0 aromatic heterocycles. The number of ketones is 1. The first kappa shape index (κ1) is 28.4. The second-order valence-corrected chi connectivity index (χ2v) is 8.91. The number of unbranched alkanes of at least 4 members (excludes halogenated alkanes) is 11. The number of carbonyl (C=O) groups excluding carboxylic acids is 2. The first-order valence-electron chi connectivity index (χ1n) is 12.1. The van der Waals surface area contributed by atoms with Gasteiger partial charge in [-0.15, -0.1) is 0 Å². The second-order valence-electron chi connectivity index (χ2n) is 8.91. The summed E-state index contributed by atoms with van der Waals surface area (Å²) in [6.45, 7) is 6.56. The van der Waals surface area contributed by atoms with E-state index in [-0.39, 0.29) is 13.0 Å². The minimum Gasteiger partial charge on any atom is -0.479 e. The molecule has 0 aromatic carbocycles. The van der Waals surface area contributed by atoms with Crippen molar-refractivity contribution in [3.63, 3.8) is 0 Å². The summed E-state index contributed by atoms with van der Waals surface area (Å²) in [6.07, 6.45) is 16.5. The second kappa shape index (κ2) is 18.2. The van der Waals surface area contributed by atoms with Crippen LogP contribution in [-0.2, 0) is 9.59 Å². The first-order chi connectivity index (χ1) is 14.3. The van der Waals surface area contributed by atoms with Gasteiger partial charge in [-0.05, 0) is 18.8 Å². The average molecular weight is 427 g/mol. The van der Waals surface area contributed by atoms with Gasteiger partial charge in [-0.1, -0.05) is 97.8 Å². The van der Waals surface area contributed by atoms with Crippen LogP contribution in [0.15, 0.2) is 0 Å². The van der Waals surface area contributed by atoms with Crippen LogP contribution in [0.2, 0.25) is 0 Å². The zero-order valence-electron chi connectivity index (χ0n) is 19.7. The summed E-state index contributed by atoms with van der Waals surface area (Å²) in [5.74, 6) is -0.900. The van der Waals surface area contributed by atoms with E-state index >= 15 is 0 Å². The van der Waals surface area contributed by atoms with E-state index in [4.69, 9.17) is 5.73 Å². The normalized spacial score (nSPS) is 12.1. The molecule has 0 saturated heterocycles. The van der Waals surface area contributed by atoms with Crippen LogP contribution in [-0.4, -0.2) is 40.4 Å². The fourth-order valence-electron chi connectivity index (χ4n) is 3.81. The van der Waals surface area contributed by atoms with E-state index in [1.54, 1.807) is 0 Å². The Kier molecular flexibility index (Phi) is 17.2. The molecular formula is C24H46N2O4. The molecule has 0 aliphatic heterocycles. The molecule has 6 heteroatoms. The van der Waals surface area contributed by atoms with Crippen LogP contribution in [0.4, 0.5) is 4.79 Å². The molecule has 0 bridgehead atoms. The van der Waals surface area contributed by atoms with E-state index in [1.807, 2.05) is 6.92 Å². The van der Waals surface area contributed by atoms with E-state index in [0.29, 0.717) is 12.8 Å². The fraction of sp³-hybridized carbons (Fsp3) is 0.875. The van der Waals surface area contributed by atoms with Gasteiger partial charge in [0.05, 0.1) is 0 Å². The molecule has 2 amide bonds. The number of carboxylic acids is 1. The number of amides is 2. The lowest BCUT2D eigenvalue weighted by atomic mass is 10.0. The van der Waals surface area contributed by atoms with Gasteiger partial charge < -0.3 is 15.7 Å². The number of primary amides is 1. The highest BCUT2D eigenvalue weighted by Crippen LogP contribution is 2.15. The van der Waals surface area contributed by atoms with Gasteiger partial charge in [0.1, 0.15) is 0 Å². The average Bonchev–Trinajstić information content (AvgIpc) is 2.67. The smallest absolute Gasteiger partial charge is 0.334 e. The van der Waals surface area contributed by atoms with E-state index < -0.39 is 23.8 Å². The van der Waals surface area contributed by atoms with Crippen LogP contribution < -0.4 is 5.73 Å². The summed E-state index contributed by atoms with van der Waals surface area (Å²) >= 11 is 0. The number of nitrogens with two attached hydrogens (primary N) is 1. The number of urea groups is 1. The van der Waals surface area contributed by atoms with Crippen molar-refractivity contribution in [2.45, 2.75) is 123 Å². The van der Waals surface area contributed by atoms with Gasteiger partial charge in [-0.25, -0.2) is 9.59 Å². The zero-order valence-corrected chi connectivity index (χ0v) is 19.7. The quantitative estimate of drug-likeness (QED) is 0.186. The van der Waals surface area contributed by atoms with E-state index in [2.05, 4.69) is 13.8 Å². The number of hydrogen-bond acceptors (Lipinski definition) is 3. The predicted molar refractivity (Wildman–Crippen MR) is 122 cm³/mol. The van der Waals surface area contributed by atoms with Gasteiger partial charge in [-0.3, -0.25) is 4.79 Å². The van der Waals surface area contributed by atoms with Gasteiger partial charge in [0.25, 0.3) is 0 Å². The lowest BCUT2D eigenvalue weighted by molar-refractivity contribution is -0.146. The van der Waals surface area contributed by atoms with Crippen molar-refractivity contribution in [1.82, 2.24) is 4.90 Å². The molecule has 0 heterocycles. The molecule has 30 heavy (non-hydrogen) atoms. The van der Waals surface area contributed by atoms with E-state index in [1.165, 1.54) is 57.8 Å². The van der Waals surface area contributed by atoms with Crippen LogP contribution in [0.3, 0.4) is 0 Å². The molecule has 0 rings (SSSR count). The fourth-order valence-corrected chi connectivity index (χ4v) is 3.81. The summed E-state index contributed by atoms with van der Waals surface area (Å²) in [4.78, 5) is 36.2. The molecule has 0 aliphatic carbocycles. The van der Waals surface area contributed by atoms with Gasteiger partial charge in [0.2, 0.25) is 0 Å². The summed E-state index contributed by atoms with van der Waals surface area (Å²) in [5.41, 5.74) is 5.26. The van der Waals surface area contributed by atoms with Crippen molar-refractivity contribution >= 4 is 17.8 Å². The zero-order chi connectivity index (χ0) is 22.8. The molecule has 1 unspecified atom stereocenters. The third-order valence-corrected chi connectivity index (χ3v) is 5.55. The number of nitrogens with zero attached hydrogens (tertiary/aromatic N) is 1. The van der Waals surface area contributed by atoms with Crippen LogP contribution in [0.25, 0.3) is 0 Å². The Labute approximate surface area is 184 Å². The molecule has 3 N–H and O–H groups in total. The molecule has 1 atom stereocenters. The molecule has 0 aliphatic rings. The van der Waals surface area contributed by atoms with Crippen LogP contribution in [0.5, 0.6) is 0 Å². The first-order valence-corrected chi connectivity index (χ1v) is 12.1. The summed E-state index contributed by atoms with van der Waals surface area (Å²) in [7, 11) is 0. The van der Waals surface area contributed by atoms with Gasteiger partial charge >= 0.3 is 12.0 Å². The third-order valence-electron chi connectivity index (χ3n) is 5.55. The Hall–Kier alpha value is -1.59. The molecule has 176 valence electrons. The highest BCUT2D eigenvalue weighted by molar-refractivity contribution is 6.04. The summed E-state index contributed by atoms with van der Waals surface area (Å²) < 4.78 is 0. The monoisotopic (exact) mass is 426 g/mol. The maximum atomic E-state index is 12.3. The van der Waals surface area contributed by atoms with Crippen molar-refractivity contribution in [3.8, 4) is 0 Å². The largest absolute Gasteiger partial charge is 0.479 e. The van der Waals surface area contributed by atoms with Crippen molar-refractivity contribution in [1.29, 1.82) is 0 Å². The molecule has 0 fully saturated rings. The maximum absolute atomic E-state index is 12.3. The van der Waals surface area contributed by atoms with Crippen molar-refractivity contribution in [2.75, 3.05) is 6.54 Å². The number of carboxylic acid groups (broad SMARTS) is 1. The molecule has 0 aromatic rings. The number of hydrogen-bond donors (Lipinski definition) is 2. The van der Waals surface area contributed by atoms with Crippen molar-refractivity contribution in [3.05, 3.63) is 0 Å². The third kappa shape index (κ3) is 14.4. The molecule has 6 nitrogen and oxygen atoms in total. The Bertz CT molecular complexity index is 480. The number of Topliss-reactive ketones (excluding diaryl/α,β-unsaturated/α-hetero) is 1. The van der Waals surface area contributed by atoms with Crippen LogP contribution >= 0.6 is 0 Å². The topological polar surface area (TPSA) is 101 Å². The Morgan fingerprint density at radius 3 is 1.60 bits per heavy atom. The Morgan fingerprint density at radius 2 is 1.23 bits per heavy atom. The molecular weight excluding hydrogens is 380 g/mol. The summed E-state index contributed by atoms with van der Waals surface area (Å²) in [6, 6.07) is -2.30. The van der Waals surface area contributed by atoms with Crippen molar-refractivity contribution in [2.24, 2.45) is 11.7 Å². The maximum Gasteiger partial charge on any atom is 0.334 e. The highest BCUT2D eigenvalue weighted by Gasteiger charge is 2.33. The minimum atomic E-state index is -1.45. The van der Waals surface area contributed by atoms with Gasteiger partial charge in [-0.2, -0.15) is 0 Å². The molecule has 0 saturated carbocycles. The summed E-state index contributed by atoms with van der Waals surface area (Å²) in [5, 5.41) is 9.35. The lowest BCUT2D eigenvalue weighted by Gasteiger charge is -2.25. The Morgan fingerprint density at radius 1 is 0.800 bits per heavy atom. The van der Waals surface area contributed by atoms with E-state index in [9.17, 15) is 19.5 Å². The van der Waals surface area contributed by atoms with Crippen LogP contribution in [0, 0.1) is 5.92 Å². The lowest BCUT2D eigenvalue weighted by Crippen LogP contribution is -2.52. The molecule has 0 radical (unpaired) electrons. The number of carbonyl (C=O) groups is 3. The van der Waals surface area contributed by atoms with Gasteiger partial charge in [0.15, 0.2) is 11.8 Å². The molecule has 0 spiro atoms. The van der Waals surface area contributed by atoms with Crippen molar-refractivity contribution < 1.29 is 19.5 Å². The standard InChI is InChI=1S/C24H46N2O4/c1-4-19-26(24(25)30)22(23(28)29)21(27)18-16-14-12-10-8-6-5-7-9-11-13-15-17-20(2)3/h20,22H,4-19H2,1-3H3,(H2,25,30)(H,28,29). The van der Waals surface area contributed by atoms with Crippen LogP contribution in [0.1, 0.15) is 117 Å². The highest BCUT2D eigenvalue weighted by atomic mass is 16.4. The van der Waals surface area contributed by atoms with Gasteiger partial charge in [0, 0.05) is 13.0 Å².